The van der Waals surface area contributed by atoms with E-state index in [1.54, 1.807) is 25.1 Å². The molecule has 1 aliphatic heterocycles. The lowest BCUT2D eigenvalue weighted by Gasteiger charge is -2.19. The van der Waals surface area contributed by atoms with Gasteiger partial charge in [-0.3, -0.25) is 9.89 Å². The van der Waals surface area contributed by atoms with E-state index < -0.39 is 15.9 Å². The molecule has 1 aromatic carbocycles. The zero-order valence-electron chi connectivity index (χ0n) is 17.1. The predicted molar refractivity (Wildman–Crippen MR) is 111 cm³/mol. The number of nitrogens with one attached hydrogen (secondary N) is 2. The van der Waals surface area contributed by atoms with Crippen molar-refractivity contribution in [3.8, 4) is 5.75 Å². The summed E-state index contributed by atoms with van der Waals surface area (Å²) in [7, 11) is -3.69. The van der Waals surface area contributed by atoms with Gasteiger partial charge in [0.1, 0.15) is 10.6 Å². The summed E-state index contributed by atoms with van der Waals surface area (Å²) in [6, 6.07) is 6.38. The van der Waals surface area contributed by atoms with Crippen LogP contribution < -0.4 is 10.1 Å². The van der Waals surface area contributed by atoms with Crippen LogP contribution in [0.3, 0.4) is 0 Å². The summed E-state index contributed by atoms with van der Waals surface area (Å²) in [5, 5.41) is 9.66. The number of amides is 1. The number of carbonyl (C=O) groups is 1. The molecule has 0 radical (unpaired) electrons. The lowest BCUT2D eigenvalue weighted by atomic mass is 10.1. The third-order valence-corrected chi connectivity index (χ3v) is 6.60. The van der Waals surface area contributed by atoms with Crippen molar-refractivity contribution in [2.75, 3.05) is 25.0 Å². The molecule has 0 unspecified atom stereocenters. The molecule has 1 aliphatic rings. The van der Waals surface area contributed by atoms with E-state index in [1.807, 2.05) is 0 Å². The monoisotopic (exact) mass is 420 g/mol. The lowest BCUT2D eigenvalue weighted by molar-refractivity contribution is 0.102. The highest BCUT2D eigenvalue weighted by atomic mass is 32.2. The molecule has 0 bridgehead atoms. The molecule has 1 aromatic heterocycles. The van der Waals surface area contributed by atoms with Crippen molar-refractivity contribution >= 4 is 21.6 Å². The van der Waals surface area contributed by atoms with Crippen LogP contribution in [0.5, 0.6) is 5.75 Å². The molecule has 2 N–H and O–H groups in total. The SMILES string of the molecule is CCOc1ccc(NC(=O)c2cc(CC(C)C)[nH]n2)cc1S(=O)(=O)N1CCCC1. The van der Waals surface area contributed by atoms with Gasteiger partial charge in [0.15, 0.2) is 5.69 Å². The largest absolute Gasteiger partial charge is 0.492 e. The average molecular weight is 421 g/mol. The molecule has 158 valence electrons. The molecule has 8 nitrogen and oxygen atoms in total. The summed E-state index contributed by atoms with van der Waals surface area (Å²) in [5.74, 6) is 0.331. The second-order valence-corrected chi connectivity index (χ2v) is 9.44. The highest BCUT2D eigenvalue weighted by Crippen LogP contribution is 2.31. The molecule has 0 spiro atoms. The van der Waals surface area contributed by atoms with E-state index in [9.17, 15) is 13.2 Å². The second-order valence-electron chi connectivity index (χ2n) is 7.54. The first-order chi connectivity index (χ1) is 13.8. The summed E-state index contributed by atoms with van der Waals surface area (Å²) in [6.45, 7) is 7.31. The van der Waals surface area contributed by atoms with Gasteiger partial charge in [-0.05, 0) is 56.4 Å². The number of H-pyrrole nitrogens is 1. The van der Waals surface area contributed by atoms with Gasteiger partial charge in [0.2, 0.25) is 10.0 Å². The van der Waals surface area contributed by atoms with Crippen molar-refractivity contribution in [3.05, 3.63) is 35.7 Å². The zero-order chi connectivity index (χ0) is 21.0. The van der Waals surface area contributed by atoms with Gasteiger partial charge in [0.05, 0.1) is 6.61 Å². The molecular formula is C20H28N4O4S. The molecule has 2 heterocycles. The summed E-state index contributed by atoms with van der Waals surface area (Å²) >= 11 is 0. The van der Waals surface area contributed by atoms with E-state index >= 15 is 0 Å². The number of aromatic nitrogens is 2. The quantitative estimate of drug-likeness (QED) is 0.683. The minimum absolute atomic E-state index is 0.0709. The third-order valence-electron chi connectivity index (χ3n) is 4.68. The van der Waals surface area contributed by atoms with Gasteiger partial charge in [-0.2, -0.15) is 9.40 Å². The maximum atomic E-state index is 13.1. The normalized spacial score (nSPS) is 15.0. The molecule has 0 aliphatic carbocycles. The number of rotatable bonds is 8. The Balaban J connectivity index is 1.84. The number of anilines is 1. The van der Waals surface area contributed by atoms with Crippen LogP contribution in [0.15, 0.2) is 29.2 Å². The first-order valence-corrected chi connectivity index (χ1v) is 11.4. The number of hydrogen-bond acceptors (Lipinski definition) is 5. The van der Waals surface area contributed by atoms with E-state index in [4.69, 9.17) is 4.74 Å². The van der Waals surface area contributed by atoms with E-state index in [1.165, 1.54) is 10.4 Å². The number of benzene rings is 1. The number of carbonyl (C=O) groups excluding carboxylic acids is 1. The van der Waals surface area contributed by atoms with Crippen molar-refractivity contribution in [1.82, 2.24) is 14.5 Å². The van der Waals surface area contributed by atoms with Crippen molar-refractivity contribution in [3.63, 3.8) is 0 Å². The van der Waals surface area contributed by atoms with Gasteiger partial charge < -0.3 is 10.1 Å². The fourth-order valence-corrected chi connectivity index (χ4v) is 5.02. The van der Waals surface area contributed by atoms with Crippen LogP contribution in [0.1, 0.15) is 49.8 Å². The molecule has 2 aromatic rings. The van der Waals surface area contributed by atoms with Gasteiger partial charge in [0, 0.05) is 24.5 Å². The maximum absolute atomic E-state index is 13.1. The minimum Gasteiger partial charge on any atom is -0.492 e. The van der Waals surface area contributed by atoms with E-state index in [2.05, 4.69) is 29.4 Å². The molecule has 1 fully saturated rings. The second kappa shape index (κ2) is 8.96. The van der Waals surface area contributed by atoms with E-state index in [0.717, 1.165) is 25.0 Å². The Kier molecular flexibility index (Phi) is 6.59. The summed E-state index contributed by atoms with van der Waals surface area (Å²) in [6.07, 6.45) is 2.48. The summed E-state index contributed by atoms with van der Waals surface area (Å²) in [4.78, 5) is 12.6. The Bertz CT molecular complexity index is 963. The topological polar surface area (TPSA) is 104 Å². The highest BCUT2D eigenvalue weighted by molar-refractivity contribution is 7.89. The van der Waals surface area contributed by atoms with Crippen LogP contribution in [0.2, 0.25) is 0 Å². The fourth-order valence-electron chi connectivity index (χ4n) is 3.35. The standard InChI is InChI=1S/C20H28N4O4S/c1-4-28-18-8-7-15(13-19(18)29(26,27)24-9-5-6-10-24)21-20(25)17-12-16(22-23-17)11-14(2)3/h7-8,12-14H,4-6,9-11H2,1-3H3,(H,21,25)(H,22,23). The predicted octanol–water partition coefficient (Wildman–Crippen LogP) is 3.04. The average Bonchev–Trinajstić information content (AvgIpc) is 3.35. The van der Waals surface area contributed by atoms with Gasteiger partial charge in [0.25, 0.3) is 5.91 Å². The molecular weight excluding hydrogens is 392 g/mol. The molecule has 0 saturated carbocycles. The fraction of sp³-hybridized carbons (Fsp3) is 0.500. The van der Waals surface area contributed by atoms with Crippen molar-refractivity contribution in [1.29, 1.82) is 0 Å². The van der Waals surface area contributed by atoms with Crippen LogP contribution in [-0.4, -0.2) is 48.5 Å². The molecule has 29 heavy (non-hydrogen) atoms. The van der Waals surface area contributed by atoms with Crippen LogP contribution in [0, 0.1) is 5.92 Å². The maximum Gasteiger partial charge on any atom is 0.276 e. The van der Waals surface area contributed by atoms with Gasteiger partial charge in [-0.1, -0.05) is 13.8 Å². The Morgan fingerprint density at radius 1 is 1.28 bits per heavy atom. The third kappa shape index (κ3) is 4.97. The Labute approximate surface area is 171 Å². The van der Waals surface area contributed by atoms with E-state index in [0.29, 0.717) is 31.3 Å². The van der Waals surface area contributed by atoms with Gasteiger partial charge in [-0.15, -0.1) is 0 Å². The Morgan fingerprint density at radius 3 is 2.66 bits per heavy atom. The van der Waals surface area contributed by atoms with Gasteiger partial charge in [-0.25, -0.2) is 8.42 Å². The number of ether oxygens (including phenoxy) is 1. The van der Waals surface area contributed by atoms with Crippen molar-refractivity contribution in [2.45, 2.75) is 44.9 Å². The first kappa shape index (κ1) is 21.3. The smallest absolute Gasteiger partial charge is 0.276 e. The molecule has 0 atom stereocenters. The summed E-state index contributed by atoms with van der Waals surface area (Å²) in [5.41, 5.74) is 1.53. The Morgan fingerprint density at radius 2 is 2.00 bits per heavy atom. The van der Waals surface area contributed by atoms with Crippen molar-refractivity contribution < 1.29 is 17.9 Å². The first-order valence-electron chi connectivity index (χ1n) is 9.94. The summed E-state index contributed by atoms with van der Waals surface area (Å²) < 4.78 is 33.1. The van der Waals surface area contributed by atoms with Crippen LogP contribution >= 0.6 is 0 Å². The van der Waals surface area contributed by atoms with Crippen LogP contribution in [0.4, 0.5) is 5.69 Å². The number of aromatic amines is 1. The number of hydrogen-bond donors (Lipinski definition) is 2. The zero-order valence-corrected chi connectivity index (χ0v) is 17.9. The molecule has 3 rings (SSSR count). The Hall–Kier alpha value is -2.39. The molecule has 9 heteroatoms. The molecule has 1 amide bonds. The van der Waals surface area contributed by atoms with Gasteiger partial charge >= 0.3 is 0 Å². The highest BCUT2D eigenvalue weighted by Gasteiger charge is 2.30. The van der Waals surface area contributed by atoms with Crippen molar-refractivity contribution in [2.24, 2.45) is 5.92 Å². The number of sulfonamides is 1. The van der Waals surface area contributed by atoms with E-state index in [-0.39, 0.29) is 16.3 Å². The van der Waals surface area contributed by atoms with Crippen LogP contribution in [-0.2, 0) is 16.4 Å². The lowest BCUT2D eigenvalue weighted by Crippen LogP contribution is -2.28. The molecule has 1 saturated heterocycles. The number of nitrogens with zero attached hydrogens (tertiary/aromatic N) is 2. The minimum atomic E-state index is -3.69. The van der Waals surface area contributed by atoms with Crippen LogP contribution in [0.25, 0.3) is 0 Å².